The lowest BCUT2D eigenvalue weighted by Gasteiger charge is -2.24. The van der Waals surface area contributed by atoms with Crippen LogP contribution in [0, 0.1) is 6.92 Å². The van der Waals surface area contributed by atoms with Crippen LogP contribution in [0.3, 0.4) is 0 Å². The summed E-state index contributed by atoms with van der Waals surface area (Å²) in [5.74, 6) is 0.0113. The van der Waals surface area contributed by atoms with E-state index in [9.17, 15) is 14.7 Å². The highest BCUT2D eigenvalue weighted by molar-refractivity contribution is 8.00. The predicted octanol–water partition coefficient (Wildman–Crippen LogP) is 7.63. The number of aliphatic hydroxyl groups is 1. The normalized spacial score (nSPS) is 14.8. The number of aromatic nitrogens is 2. The lowest BCUT2D eigenvalue weighted by atomic mass is 9.95. The van der Waals surface area contributed by atoms with Crippen molar-refractivity contribution in [1.82, 2.24) is 10.2 Å². The first-order valence-corrected chi connectivity index (χ1v) is 16.0. The average molecular weight is 640 g/mol. The Morgan fingerprint density at radius 2 is 1.91 bits per heavy atom. The summed E-state index contributed by atoms with van der Waals surface area (Å²) in [6, 6.07) is 21.6. The van der Waals surface area contributed by atoms with Gasteiger partial charge < -0.3 is 19.0 Å². The summed E-state index contributed by atoms with van der Waals surface area (Å²) in [5, 5.41) is 22.4. The molecule has 1 aliphatic rings. The number of ketones is 1. The van der Waals surface area contributed by atoms with Crippen molar-refractivity contribution < 1.29 is 28.6 Å². The zero-order valence-corrected chi connectivity index (χ0v) is 26.2. The number of benzene rings is 3. The molecule has 0 radical (unpaired) electrons. The summed E-state index contributed by atoms with van der Waals surface area (Å²) in [4.78, 5) is 28.8. The molecule has 0 spiro atoms. The van der Waals surface area contributed by atoms with Gasteiger partial charge in [0, 0.05) is 5.75 Å². The smallest absolute Gasteiger partial charge is 0.296 e. The van der Waals surface area contributed by atoms with E-state index in [-0.39, 0.29) is 23.1 Å². The minimum absolute atomic E-state index is 0.00765. The van der Waals surface area contributed by atoms with Gasteiger partial charge in [-0.1, -0.05) is 84.3 Å². The molecule has 3 aromatic carbocycles. The first-order valence-electron chi connectivity index (χ1n) is 14.2. The van der Waals surface area contributed by atoms with Crippen molar-refractivity contribution in [2.75, 3.05) is 18.1 Å². The number of hydrogen-bond donors (Lipinski definition) is 1. The molecule has 1 atom stereocenters. The number of amides is 1. The summed E-state index contributed by atoms with van der Waals surface area (Å²) in [6.45, 7) is 7.87. The van der Waals surface area contributed by atoms with Crippen molar-refractivity contribution in [3.63, 3.8) is 0 Å². The third-order valence-electron chi connectivity index (χ3n) is 7.19. The highest BCUT2D eigenvalue weighted by Gasteiger charge is 2.47. The minimum Gasteiger partial charge on any atom is -0.503 e. The number of nitrogens with zero attached hydrogens (tertiary/aromatic N) is 3. The third-order valence-corrected chi connectivity index (χ3v) is 9.29. The number of carbonyl (C=O) groups is 2. The van der Waals surface area contributed by atoms with Crippen molar-refractivity contribution >= 4 is 50.7 Å². The molecule has 11 heteroatoms. The maximum atomic E-state index is 13.8. The van der Waals surface area contributed by atoms with E-state index in [1.54, 1.807) is 37.3 Å². The number of aliphatic hydroxyl groups excluding tert-OH is 1. The number of Topliss-reactive ketones (excluding diaryl/α,β-unsaturated/α-hetero) is 1. The van der Waals surface area contributed by atoms with E-state index < -0.39 is 23.5 Å². The van der Waals surface area contributed by atoms with E-state index in [1.165, 1.54) is 34.1 Å². The van der Waals surface area contributed by atoms with Crippen molar-refractivity contribution in [1.29, 1.82) is 0 Å². The van der Waals surface area contributed by atoms with Crippen LogP contribution >= 0.6 is 23.1 Å². The summed E-state index contributed by atoms with van der Waals surface area (Å²) >= 11 is 2.70. The van der Waals surface area contributed by atoms with Crippen molar-refractivity contribution in [2.24, 2.45) is 0 Å². The zero-order chi connectivity index (χ0) is 31.5. The van der Waals surface area contributed by atoms with Crippen LogP contribution in [0.5, 0.6) is 11.5 Å². The molecule has 9 nitrogen and oxygen atoms in total. The maximum Gasteiger partial charge on any atom is 0.296 e. The Bertz CT molecular complexity index is 1940. The monoisotopic (exact) mass is 639 g/mol. The molecular weight excluding hydrogens is 611 g/mol. The van der Waals surface area contributed by atoms with Crippen LogP contribution in [0.2, 0.25) is 0 Å². The largest absolute Gasteiger partial charge is 0.503 e. The van der Waals surface area contributed by atoms with Gasteiger partial charge in [-0.2, -0.15) is 0 Å². The number of thioether (sulfide) groups is 1. The topological polar surface area (TPSA) is 115 Å². The van der Waals surface area contributed by atoms with Crippen LogP contribution < -0.4 is 14.4 Å². The van der Waals surface area contributed by atoms with E-state index in [2.05, 4.69) is 41.0 Å². The van der Waals surface area contributed by atoms with Gasteiger partial charge in [-0.25, -0.2) is 0 Å². The Labute approximate surface area is 267 Å². The summed E-state index contributed by atoms with van der Waals surface area (Å²) < 4.78 is 17.8. The van der Waals surface area contributed by atoms with Crippen molar-refractivity contribution in [3.8, 4) is 11.5 Å². The first kappa shape index (κ1) is 30.2. The summed E-state index contributed by atoms with van der Waals surface area (Å²) in [5.41, 5.74) is 1.53. The van der Waals surface area contributed by atoms with Gasteiger partial charge in [0.15, 0.2) is 27.4 Å². The molecule has 6 rings (SSSR count). The second kappa shape index (κ2) is 13.0. The van der Waals surface area contributed by atoms with Gasteiger partial charge in [0.05, 0.1) is 18.2 Å². The zero-order valence-electron chi connectivity index (χ0n) is 24.6. The molecule has 1 aliphatic heterocycles. The van der Waals surface area contributed by atoms with Crippen LogP contribution in [-0.4, -0.2) is 40.2 Å². The molecule has 228 valence electrons. The maximum absolute atomic E-state index is 13.8. The molecule has 2 aromatic heterocycles. The number of carbonyl (C=O) groups excluding carboxylic acids is 2. The SMILES string of the molecule is C=CCOc1ccc(C2C(C(=O)c3ccc(C)o3)=C(O)C(=O)N2c2nnc(SCc3cccc4ccccc34)s2)cc1OCC. The average Bonchev–Trinajstić information content (AvgIpc) is 3.77. The second-order valence-electron chi connectivity index (χ2n) is 10.1. The Morgan fingerprint density at radius 3 is 2.69 bits per heavy atom. The van der Waals surface area contributed by atoms with Gasteiger partial charge in [0.1, 0.15) is 12.4 Å². The van der Waals surface area contributed by atoms with Crippen molar-refractivity contribution in [2.45, 2.75) is 30.0 Å². The molecule has 0 fully saturated rings. The number of aryl methyl sites for hydroxylation is 1. The predicted molar refractivity (Wildman–Crippen MR) is 174 cm³/mol. The van der Waals surface area contributed by atoms with Gasteiger partial charge in [-0.3, -0.25) is 14.5 Å². The number of ether oxygens (including phenoxy) is 2. The lowest BCUT2D eigenvalue weighted by Crippen LogP contribution is -2.31. The highest BCUT2D eigenvalue weighted by atomic mass is 32.2. The molecule has 1 amide bonds. The molecule has 1 N–H and O–H groups in total. The van der Waals surface area contributed by atoms with E-state index in [4.69, 9.17) is 13.9 Å². The first-order chi connectivity index (χ1) is 21.9. The van der Waals surface area contributed by atoms with Gasteiger partial charge in [0.2, 0.25) is 10.9 Å². The number of anilines is 1. The molecule has 0 saturated heterocycles. The number of fused-ring (bicyclic) bond motifs is 1. The molecule has 0 saturated carbocycles. The van der Waals surface area contributed by atoms with E-state index in [0.29, 0.717) is 39.5 Å². The van der Waals surface area contributed by atoms with Crippen LogP contribution in [0.25, 0.3) is 10.8 Å². The Hall–Kier alpha value is -4.87. The third kappa shape index (κ3) is 5.96. The van der Waals surface area contributed by atoms with E-state index in [0.717, 1.165) is 16.3 Å². The summed E-state index contributed by atoms with van der Waals surface area (Å²) in [6.07, 6.45) is 1.62. The quantitative estimate of drug-likeness (QED) is 0.0637. The molecule has 0 bridgehead atoms. The molecular formula is C34H29N3O6S2. The van der Waals surface area contributed by atoms with Gasteiger partial charge in [-0.15, -0.1) is 10.2 Å². The Morgan fingerprint density at radius 1 is 1.09 bits per heavy atom. The van der Waals surface area contributed by atoms with Crippen molar-refractivity contribution in [3.05, 3.63) is 119 Å². The van der Waals surface area contributed by atoms with Crippen LogP contribution in [-0.2, 0) is 10.5 Å². The van der Waals surface area contributed by atoms with Crippen LogP contribution in [0.4, 0.5) is 5.13 Å². The molecule has 45 heavy (non-hydrogen) atoms. The fourth-order valence-corrected chi connectivity index (χ4v) is 7.06. The standard InChI is InChI=1S/C34H29N3O6S2/c1-4-17-42-25-16-14-22(18-27(25)41-5-2)29-28(30(38)26-15-13-20(3)43-26)31(39)32(40)37(29)33-35-36-34(45-33)44-19-23-11-8-10-21-9-6-7-12-24(21)23/h4,6-16,18,29,39H,1,5,17,19H2,2-3H3. The lowest BCUT2D eigenvalue weighted by molar-refractivity contribution is -0.117. The highest BCUT2D eigenvalue weighted by Crippen LogP contribution is 2.45. The Kier molecular flexibility index (Phi) is 8.72. The number of rotatable bonds is 12. The Balaban J connectivity index is 1.37. The van der Waals surface area contributed by atoms with Crippen LogP contribution in [0.15, 0.2) is 106 Å². The number of furan rings is 1. The minimum atomic E-state index is -1.04. The van der Waals surface area contributed by atoms with E-state index >= 15 is 0 Å². The number of hydrogen-bond acceptors (Lipinski definition) is 10. The van der Waals surface area contributed by atoms with Gasteiger partial charge >= 0.3 is 0 Å². The molecule has 3 heterocycles. The van der Waals surface area contributed by atoms with Crippen LogP contribution in [0.1, 0.15) is 40.4 Å². The molecule has 5 aromatic rings. The second-order valence-corrected chi connectivity index (χ2v) is 12.3. The van der Waals surface area contributed by atoms with Gasteiger partial charge in [-0.05, 0) is 60.0 Å². The summed E-state index contributed by atoms with van der Waals surface area (Å²) in [7, 11) is 0. The molecule has 1 unspecified atom stereocenters. The molecule has 0 aliphatic carbocycles. The fraction of sp³-hybridized carbons (Fsp3) is 0.176. The fourth-order valence-electron chi connectivity index (χ4n) is 5.19. The van der Waals surface area contributed by atoms with E-state index in [1.807, 2.05) is 25.1 Å². The van der Waals surface area contributed by atoms with Gasteiger partial charge in [0.25, 0.3) is 5.91 Å².